The zero-order chi connectivity index (χ0) is 35.0. The van der Waals surface area contributed by atoms with Gasteiger partial charge in [-0.2, -0.15) is 13.2 Å². The molecule has 0 aliphatic heterocycles. The zero-order valence-electron chi connectivity index (χ0n) is 28.5. The van der Waals surface area contributed by atoms with Gasteiger partial charge in [-0.05, 0) is 103 Å². The molecule has 1 fully saturated rings. The highest BCUT2D eigenvalue weighted by Crippen LogP contribution is 2.45. The Morgan fingerprint density at radius 1 is 1.06 bits per heavy atom. The number of aromatic nitrogens is 1. The number of nitrogens with zero attached hydrogens (tertiary/aromatic N) is 1. The van der Waals surface area contributed by atoms with Crippen LogP contribution in [-0.2, 0) is 18.2 Å². The van der Waals surface area contributed by atoms with Crippen LogP contribution in [0.3, 0.4) is 0 Å². The molecule has 2 aliphatic carbocycles. The highest BCUT2D eigenvalue weighted by atomic mass is 19.4. The molecule has 2 aliphatic rings. The second-order valence-electron chi connectivity index (χ2n) is 13.4. The average Bonchev–Trinajstić information content (AvgIpc) is 3.84. The third-order valence-electron chi connectivity index (χ3n) is 10.4. The van der Waals surface area contributed by atoms with E-state index in [-0.39, 0.29) is 29.3 Å². The fourth-order valence-corrected chi connectivity index (χ4v) is 6.85. The second kappa shape index (κ2) is 13.9. The largest absolute Gasteiger partial charge is 0.497 e. The van der Waals surface area contributed by atoms with E-state index in [4.69, 9.17) is 4.74 Å². The normalized spacial score (nSPS) is 19.2. The first-order valence-corrected chi connectivity index (χ1v) is 16.8. The van der Waals surface area contributed by atoms with E-state index in [1.807, 2.05) is 25.2 Å². The lowest BCUT2D eigenvalue weighted by Gasteiger charge is -2.34. The summed E-state index contributed by atoms with van der Waals surface area (Å²) in [6, 6.07) is 12.0. The van der Waals surface area contributed by atoms with Crippen LogP contribution in [0.15, 0.2) is 84.0 Å². The number of hydrogen-bond donors (Lipinski definition) is 1. The summed E-state index contributed by atoms with van der Waals surface area (Å²) in [5, 5.41) is 12.5. The maximum atomic E-state index is 15.7. The van der Waals surface area contributed by atoms with Gasteiger partial charge in [0.05, 0.1) is 18.4 Å². The minimum atomic E-state index is -4.68. The molecule has 4 atom stereocenters. The number of aliphatic hydroxyl groups is 1. The predicted molar refractivity (Wildman–Crippen MR) is 181 cm³/mol. The molecular weight excluding hydrogens is 618 g/mol. The van der Waals surface area contributed by atoms with E-state index in [2.05, 4.69) is 13.0 Å². The molecule has 4 nitrogen and oxygen atoms in total. The number of carbonyl (C=O) groups excluding carboxylic acids is 1. The zero-order valence-corrected chi connectivity index (χ0v) is 28.5. The van der Waals surface area contributed by atoms with Gasteiger partial charge in [0.25, 0.3) is 0 Å². The van der Waals surface area contributed by atoms with Crippen molar-refractivity contribution in [3.63, 3.8) is 0 Å². The lowest BCUT2D eigenvalue weighted by atomic mass is 9.76. The number of halogens is 4. The van der Waals surface area contributed by atoms with Gasteiger partial charge in [-0.25, -0.2) is 4.39 Å². The summed E-state index contributed by atoms with van der Waals surface area (Å²) in [7, 11) is 1.49. The van der Waals surface area contributed by atoms with E-state index < -0.39 is 40.8 Å². The van der Waals surface area contributed by atoms with E-state index in [0.717, 1.165) is 36.5 Å². The summed E-state index contributed by atoms with van der Waals surface area (Å²) in [5.41, 5.74) is 0.542. The summed E-state index contributed by atoms with van der Waals surface area (Å²) in [4.78, 5) is 14.2. The smallest absolute Gasteiger partial charge is 0.418 e. The molecule has 0 spiro atoms. The maximum Gasteiger partial charge on any atom is 0.418 e. The van der Waals surface area contributed by atoms with Crippen molar-refractivity contribution in [2.45, 2.75) is 84.4 Å². The molecule has 0 radical (unpaired) electrons. The van der Waals surface area contributed by atoms with Crippen LogP contribution in [-0.4, -0.2) is 22.6 Å². The van der Waals surface area contributed by atoms with Crippen LogP contribution in [0.2, 0.25) is 0 Å². The molecule has 1 heterocycles. The third-order valence-corrected chi connectivity index (χ3v) is 10.4. The van der Waals surface area contributed by atoms with Gasteiger partial charge in [-0.15, -0.1) is 0 Å². The fourth-order valence-electron chi connectivity index (χ4n) is 6.85. The first-order valence-electron chi connectivity index (χ1n) is 16.8. The number of rotatable bonds is 12. The van der Waals surface area contributed by atoms with Gasteiger partial charge >= 0.3 is 6.18 Å². The van der Waals surface area contributed by atoms with Crippen LogP contribution in [0.25, 0.3) is 5.69 Å². The number of alkyl halides is 3. The molecule has 1 saturated carbocycles. The maximum absolute atomic E-state index is 15.7. The third kappa shape index (κ3) is 6.95. The first-order chi connectivity index (χ1) is 22.7. The summed E-state index contributed by atoms with van der Waals surface area (Å²) < 4.78 is 65.1. The Balaban J connectivity index is 1.56. The van der Waals surface area contributed by atoms with Crippen molar-refractivity contribution >= 4 is 5.78 Å². The number of hydrogen-bond acceptors (Lipinski definition) is 3. The van der Waals surface area contributed by atoms with Crippen LogP contribution in [0.4, 0.5) is 17.6 Å². The van der Waals surface area contributed by atoms with Crippen molar-refractivity contribution < 1.29 is 32.2 Å². The SMILES string of the molecule is CCc1c(C(F)(F)F)cc(C(=O)C(C)C(C)c2cc(C(O)(CCC3CC3)C3=C(C)C(C)C=CC=C3)ccc2F)n1-c1ccc(OC)cc1. The minimum Gasteiger partial charge on any atom is -0.497 e. The fraction of sp³-hybridized carbons (Fsp3) is 0.425. The predicted octanol–water partition coefficient (Wildman–Crippen LogP) is 10.3. The topological polar surface area (TPSA) is 51.5 Å². The Labute approximate surface area is 280 Å². The van der Waals surface area contributed by atoms with Crippen LogP contribution in [0.5, 0.6) is 5.75 Å². The molecule has 0 saturated heterocycles. The quantitative estimate of drug-likeness (QED) is 0.155. The summed E-state index contributed by atoms with van der Waals surface area (Å²) >= 11 is 0. The Morgan fingerprint density at radius 2 is 1.75 bits per heavy atom. The lowest BCUT2D eigenvalue weighted by molar-refractivity contribution is -0.138. The van der Waals surface area contributed by atoms with Crippen LogP contribution >= 0.6 is 0 Å². The molecule has 5 rings (SSSR count). The van der Waals surface area contributed by atoms with E-state index >= 15 is 4.39 Å². The van der Waals surface area contributed by atoms with Gasteiger partial charge in [0.15, 0.2) is 5.78 Å². The second-order valence-corrected chi connectivity index (χ2v) is 13.4. The van der Waals surface area contributed by atoms with Crippen LogP contribution < -0.4 is 4.74 Å². The molecular formula is C40H45F4NO3. The Morgan fingerprint density at radius 3 is 2.35 bits per heavy atom. The van der Waals surface area contributed by atoms with Gasteiger partial charge in [-0.3, -0.25) is 4.79 Å². The van der Waals surface area contributed by atoms with E-state index in [1.165, 1.54) is 17.7 Å². The number of ketones is 1. The number of Topliss-reactive ketones (excluding diaryl/α,β-unsaturated/α-hetero) is 1. The monoisotopic (exact) mass is 663 g/mol. The molecule has 2 aromatic carbocycles. The van der Waals surface area contributed by atoms with Crippen molar-refractivity contribution in [3.8, 4) is 11.4 Å². The van der Waals surface area contributed by atoms with Crippen molar-refractivity contribution in [1.82, 2.24) is 4.57 Å². The molecule has 8 heteroatoms. The van der Waals surface area contributed by atoms with Crippen LogP contribution in [0, 0.1) is 23.6 Å². The van der Waals surface area contributed by atoms with E-state index in [9.17, 15) is 23.1 Å². The molecule has 1 aromatic heterocycles. The summed E-state index contributed by atoms with van der Waals surface area (Å²) in [5.74, 6) is -1.52. The molecule has 4 unspecified atom stereocenters. The number of ether oxygens (including phenoxy) is 1. The highest BCUT2D eigenvalue weighted by molar-refractivity contribution is 5.98. The standard InChI is InChI=1S/C40H45F4NO3/c1-7-36-34(40(42,43)44)23-37(45(36)30-15-17-31(48-6)18-16-30)38(46)27(5)26(4)32-22-29(14-19-35(32)41)39(47,21-20-28-12-13-28)33-11-9-8-10-24(2)25(33)3/h8-11,14-19,22-24,26-28,47H,7,12-13,20-21H2,1-6H3. The number of allylic oxidation sites excluding steroid dienone is 4. The lowest BCUT2D eigenvalue weighted by Crippen LogP contribution is -2.30. The van der Waals surface area contributed by atoms with E-state index in [1.54, 1.807) is 57.2 Å². The van der Waals surface area contributed by atoms with Crippen molar-refractivity contribution in [1.29, 1.82) is 0 Å². The minimum absolute atomic E-state index is 0.0337. The van der Waals surface area contributed by atoms with Crippen molar-refractivity contribution in [3.05, 3.63) is 118 Å². The summed E-state index contributed by atoms with van der Waals surface area (Å²) in [6.07, 6.45) is 6.77. The summed E-state index contributed by atoms with van der Waals surface area (Å²) in [6.45, 7) is 9.03. The van der Waals surface area contributed by atoms with Gasteiger partial charge in [-0.1, -0.05) is 76.5 Å². The highest BCUT2D eigenvalue weighted by Gasteiger charge is 2.40. The number of methoxy groups -OCH3 is 1. The van der Waals surface area contributed by atoms with Crippen molar-refractivity contribution in [2.75, 3.05) is 7.11 Å². The molecule has 0 amide bonds. The van der Waals surface area contributed by atoms with Gasteiger partial charge in [0, 0.05) is 17.3 Å². The Kier molecular flexibility index (Phi) is 10.3. The number of benzene rings is 2. The average molecular weight is 664 g/mol. The Bertz CT molecular complexity index is 1740. The number of carbonyl (C=O) groups is 1. The van der Waals surface area contributed by atoms with Crippen LogP contribution in [0.1, 0.15) is 99.1 Å². The van der Waals surface area contributed by atoms with Gasteiger partial charge in [0.2, 0.25) is 0 Å². The van der Waals surface area contributed by atoms with E-state index in [0.29, 0.717) is 29.3 Å². The molecule has 0 bridgehead atoms. The Hall–Kier alpha value is -3.91. The van der Waals surface area contributed by atoms with Gasteiger partial charge in [0.1, 0.15) is 17.2 Å². The molecule has 3 aromatic rings. The molecule has 48 heavy (non-hydrogen) atoms. The van der Waals surface area contributed by atoms with Crippen molar-refractivity contribution in [2.24, 2.45) is 17.8 Å². The molecule has 1 N–H and O–H groups in total. The first kappa shape index (κ1) is 35.4. The molecule has 256 valence electrons. The van der Waals surface area contributed by atoms with Gasteiger partial charge < -0.3 is 14.4 Å².